The van der Waals surface area contributed by atoms with Gasteiger partial charge in [0.15, 0.2) is 0 Å². The van der Waals surface area contributed by atoms with E-state index >= 15 is 0 Å². The van der Waals surface area contributed by atoms with E-state index in [1.807, 2.05) is 12.1 Å². The van der Waals surface area contributed by atoms with E-state index in [9.17, 15) is 4.39 Å². The van der Waals surface area contributed by atoms with Gasteiger partial charge in [-0.05, 0) is 30.7 Å². The second-order valence-electron chi connectivity index (χ2n) is 3.69. The molecule has 0 spiro atoms. The highest BCUT2D eigenvalue weighted by Crippen LogP contribution is 2.27. The number of nitrogens with zero attached hydrogens (tertiary/aromatic N) is 2. The number of rotatable bonds is 3. The first-order chi connectivity index (χ1) is 7.54. The van der Waals surface area contributed by atoms with Crippen LogP contribution in [0.3, 0.4) is 0 Å². The number of ether oxygens (including phenoxy) is 1. The molecule has 0 radical (unpaired) electrons. The Bertz CT molecular complexity index is 457. The van der Waals surface area contributed by atoms with Crippen molar-refractivity contribution in [1.29, 1.82) is 10.5 Å². The number of methoxy groups -OCH3 is 1. The molecule has 4 heteroatoms. The maximum absolute atomic E-state index is 13.0. The minimum atomic E-state index is -1.17. The van der Waals surface area contributed by atoms with E-state index in [1.54, 1.807) is 0 Å². The number of nitriles is 2. The van der Waals surface area contributed by atoms with Crippen molar-refractivity contribution >= 4 is 0 Å². The molecular formula is C12H11FN2O. The third kappa shape index (κ3) is 2.49. The molecule has 0 heterocycles. The number of hydrogen-bond acceptors (Lipinski definition) is 3. The molecule has 0 aliphatic carbocycles. The molecule has 0 unspecified atom stereocenters. The van der Waals surface area contributed by atoms with Crippen LogP contribution in [0.2, 0.25) is 0 Å². The predicted molar refractivity (Wildman–Crippen MR) is 56.0 cm³/mol. The molecule has 1 aromatic rings. The van der Waals surface area contributed by atoms with Gasteiger partial charge >= 0.3 is 0 Å². The molecule has 0 aliphatic rings. The Morgan fingerprint density at radius 3 is 2.50 bits per heavy atom. The Hall–Kier alpha value is -2.07. The molecular weight excluding hydrogens is 207 g/mol. The molecule has 0 saturated carbocycles. The average Bonchev–Trinajstić information content (AvgIpc) is 2.29. The quantitative estimate of drug-likeness (QED) is 0.782. The van der Waals surface area contributed by atoms with Crippen molar-refractivity contribution in [3.05, 3.63) is 29.6 Å². The lowest BCUT2D eigenvalue weighted by atomic mass is 9.86. The van der Waals surface area contributed by atoms with Crippen LogP contribution in [-0.2, 0) is 6.42 Å². The average molecular weight is 218 g/mol. The maximum atomic E-state index is 13.0. The van der Waals surface area contributed by atoms with Gasteiger partial charge in [0.05, 0.1) is 19.2 Å². The van der Waals surface area contributed by atoms with Gasteiger partial charge in [0.1, 0.15) is 17.0 Å². The zero-order chi connectivity index (χ0) is 12.2. The van der Waals surface area contributed by atoms with E-state index in [0.29, 0.717) is 11.3 Å². The van der Waals surface area contributed by atoms with Crippen molar-refractivity contribution in [1.82, 2.24) is 0 Å². The van der Waals surface area contributed by atoms with E-state index in [4.69, 9.17) is 15.3 Å². The summed E-state index contributed by atoms with van der Waals surface area (Å²) in [6.45, 7) is 1.51. The van der Waals surface area contributed by atoms with E-state index in [-0.39, 0.29) is 6.42 Å². The van der Waals surface area contributed by atoms with Crippen LogP contribution in [0.4, 0.5) is 4.39 Å². The molecule has 3 nitrogen and oxygen atoms in total. The smallest absolute Gasteiger partial charge is 0.145 e. The van der Waals surface area contributed by atoms with Crippen LogP contribution in [0.15, 0.2) is 18.2 Å². The minimum Gasteiger partial charge on any atom is -0.496 e. The Morgan fingerprint density at radius 1 is 1.38 bits per heavy atom. The van der Waals surface area contributed by atoms with Crippen LogP contribution in [0.5, 0.6) is 5.75 Å². The van der Waals surface area contributed by atoms with E-state index < -0.39 is 11.2 Å². The van der Waals surface area contributed by atoms with Crippen LogP contribution < -0.4 is 4.74 Å². The first kappa shape index (κ1) is 12.0. The summed E-state index contributed by atoms with van der Waals surface area (Å²) < 4.78 is 18.1. The summed E-state index contributed by atoms with van der Waals surface area (Å²) in [5.41, 5.74) is -0.644. The summed E-state index contributed by atoms with van der Waals surface area (Å²) in [6.07, 6.45) is 0.140. The Balaban J connectivity index is 3.11. The normalized spacial score (nSPS) is 10.3. The van der Waals surface area contributed by atoms with Gasteiger partial charge in [-0.2, -0.15) is 10.5 Å². The van der Waals surface area contributed by atoms with Crippen molar-refractivity contribution in [2.45, 2.75) is 13.3 Å². The molecule has 16 heavy (non-hydrogen) atoms. The summed E-state index contributed by atoms with van der Waals surface area (Å²) in [5.74, 6) is 0.0761. The van der Waals surface area contributed by atoms with Gasteiger partial charge in [0.25, 0.3) is 0 Å². The van der Waals surface area contributed by atoms with Crippen LogP contribution in [-0.4, -0.2) is 7.11 Å². The summed E-state index contributed by atoms with van der Waals surface area (Å²) >= 11 is 0. The lowest BCUT2D eigenvalue weighted by molar-refractivity contribution is 0.403. The summed E-state index contributed by atoms with van der Waals surface area (Å²) in [6, 6.07) is 7.86. The van der Waals surface area contributed by atoms with E-state index in [1.165, 1.54) is 32.2 Å². The number of hydrogen-bond donors (Lipinski definition) is 0. The fourth-order valence-corrected chi connectivity index (χ4v) is 1.37. The molecule has 1 aromatic carbocycles. The Morgan fingerprint density at radius 2 is 2.00 bits per heavy atom. The minimum absolute atomic E-state index is 0.140. The predicted octanol–water partition coefficient (Wildman–Crippen LogP) is 2.43. The molecule has 0 aliphatic heterocycles. The van der Waals surface area contributed by atoms with Crippen molar-refractivity contribution < 1.29 is 9.13 Å². The molecule has 0 aromatic heterocycles. The van der Waals surface area contributed by atoms with Crippen LogP contribution in [0.25, 0.3) is 0 Å². The molecule has 0 N–H and O–H groups in total. The number of benzene rings is 1. The standard InChI is InChI=1S/C12H11FN2O/c1-12(7-14,8-15)6-9-5-10(13)3-4-11(9)16-2/h3-5H,6H2,1-2H3. The Kier molecular flexibility index (Phi) is 3.48. The van der Waals surface area contributed by atoms with Crippen LogP contribution in [0.1, 0.15) is 12.5 Å². The fourth-order valence-electron chi connectivity index (χ4n) is 1.37. The first-order valence-electron chi connectivity index (χ1n) is 4.69. The maximum Gasteiger partial charge on any atom is 0.145 e. The molecule has 0 bridgehead atoms. The SMILES string of the molecule is COc1ccc(F)cc1CC(C)(C#N)C#N. The first-order valence-corrected chi connectivity index (χ1v) is 4.69. The van der Waals surface area contributed by atoms with Gasteiger partial charge in [-0.3, -0.25) is 0 Å². The van der Waals surface area contributed by atoms with E-state index in [2.05, 4.69) is 0 Å². The molecule has 1 rings (SSSR count). The van der Waals surface area contributed by atoms with Gasteiger partial charge < -0.3 is 4.74 Å². The monoisotopic (exact) mass is 218 g/mol. The molecule has 82 valence electrons. The van der Waals surface area contributed by atoms with Crippen LogP contribution in [0, 0.1) is 33.9 Å². The summed E-state index contributed by atoms with van der Waals surface area (Å²) in [7, 11) is 1.47. The van der Waals surface area contributed by atoms with Crippen molar-refractivity contribution in [2.75, 3.05) is 7.11 Å². The topological polar surface area (TPSA) is 56.8 Å². The van der Waals surface area contributed by atoms with Crippen molar-refractivity contribution in [3.63, 3.8) is 0 Å². The summed E-state index contributed by atoms with van der Waals surface area (Å²) in [5, 5.41) is 17.7. The third-order valence-corrected chi connectivity index (χ3v) is 2.28. The van der Waals surface area contributed by atoms with Gasteiger partial charge in [0.2, 0.25) is 0 Å². The zero-order valence-electron chi connectivity index (χ0n) is 9.12. The fraction of sp³-hybridized carbons (Fsp3) is 0.333. The molecule has 0 saturated heterocycles. The highest BCUT2D eigenvalue weighted by atomic mass is 19.1. The largest absolute Gasteiger partial charge is 0.496 e. The van der Waals surface area contributed by atoms with Gasteiger partial charge in [0, 0.05) is 6.42 Å². The lowest BCUT2D eigenvalue weighted by Gasteiger charge is -2.14. The highest BCUT2D eigenvalue weighted by molar-refractivity contribution is 5.36. The van der Waals surface area contributed by atoms with Crippen molar-refractivity contribution in [3.8, 4) is 17.9 Å². The van der Waals surface area contributed by atoms with Crippen molar-refractivity contribution in [2.24, 2.45) is 5.41 Å². The second kappa shape index (κ2) is 4.63. The van der Waals surface area contributed by atoms with Gasteiger partial charge in [-0.25, -0.2) is 4.39 Å². The third-order valence-electron chi connectivity index (χ3n) is 2.28. The Labute approximate surface area is 93.7 Å². The molecule has 0 amide bonds. The number of halogens is 1. The zero-order valence-corrected chi connectivity index (χ0v) is 9.12. The lowest BCUT2D eigenvalue weighted by Crippen LogP contribution is -2.15. The van der Waals surface area contributed by atoms with Gasteiger partial charge in [-0.15, -0.1) is 0 Å². The summed E-state index contributed by atoms with van der Waals surface area (Å²) in [4.78, 5) is 0. The van der Waals surface area contributed by atoms with E-state index in [0.717, 1.165) is 0 Å². The van der Waals surface area contributed by atoms with Crippen LogP contribution >= 0.6 is 0 Å². The van der Waals surface area contributed by atoms with Gasteiger partial charge in [-0.1, -0.05) is 0 Å². The second-order valence-corrected chi connectivity index (χ2v) is 3.69. The highest BCUT2D eigenvalue weighted by Gasteiger charge is 2.25. The molecule has 0 fully saturated rings. The molecule has 0 atom stereocenters.